The van der Waals surface area contributed by atoms with Crippen molar-refractivity contribution in [2.75, 3.05) is 24.7 Å². The normalized spacial score (nSPS) is 16.9. The van der Waals surface area contributed by atoms with Crippen molar-refractivity contribution in [1.82, 2.24) is 25.1 Å². The van der Waals surface area contributed by atoms with E-state index in [9.17, 15) is 4.39 Å². The Bertz CT molecular complexity index is 1210. The second-order valence-electron chi connectivity index (χ2n) is 7.46. The van der Waals surface area contributed by atoms with Gasteiger partial charge in [-0.05, 0) is 49.7 Å². The summed E-state index contributed by atoms with van der Waals surface area (Å²) in [5.41, 5.74) is 3.94. The fraction of sp³-hybridized carbons (Fsp3) is 0.273. The largest absolute Gasteiger partial charge is 0.377 e. The van der Waals surface area contributed by atoms with Gasteiger partial charge in [0.2, 0.25) is 5.95 Å². The number of H-pyrrole nitrogens is 1. The maximum Gasteiger partial charge on any atom is 0.220 e. The number of hydrogen-bond acceptors (Lipinski definition) is 6. The number of aromatic nitrogens is 5. The number of anilines is 1. The van der Waals surface area contributed by atoms with Gasteiger partial charge in [0.1, 0.15) is 17.0 Å². The van der Waals surface area contributed by atoms with Crippen LogP contribution < -0.4 is 4.90 Å². The summed E-state index contributed by atoms with van der Waals surface area (Å²) in [6, 6.07) is 9.40. The van der Waals surface area contributed by atoms with E-state index in [1.807, 2.05) is 24.3 Å². The summed E-state index contributed by atoms with van der Waals surface area (Å²) in [6.07, 6.45) is 3.38. The molecule has 1 saturated heterocycles. The van der Waals surface area contributed by atoms with Crippen LogP contribution in [-0.4, -0.2) is 50.9 Å². The van der Waals surface area contributed by atoms with Crippen LogP contribution in [-0.2, 0) is 4.74 Å². The predicted octanol–water partition coefficient (Wildman–Crippen LogP) is 3.75. The SMILES string of the molecule is Cc1ccc(-c2cc(N3CCOC[C@H]3C)nc3c(-c4ccn[nH]4)nccc23)c(F)n1. The highest BCUT2D eigenvalue weighted by atomic mass is 19.1. The Kier molecular flexibility index (Phi) is 4.63. The van der Waals surface area contributed by atoms with Gasteiger partial charge in [-0.1, -0.05) is 0 Å². The van der Waals surface area contributed by atoms with Gasteiger partial charge in [0.25, 0.3) is 0 Å². The molecular formula is C22H21FN6O. The Labute approximate surface area is 173 Å². The number of rotatable bonds is 3. The summed E-state index contributed by atoms with van der Waals surface area (Å²) in [4.78, 5) is 15.7. The van der Waals surface area contributed by atoms with Crippen LogP contribution in [0.3, 0.4) is 0 Å². The summed E-state index contributed by atoms with van der Waals surface area (Å²) < 4.78 is 20.5. The van der Waals surface area contributed by atoms with Crippen molar-refractivity contribution in [3.63, 3.8) is 0 Å². The minimum atomic E-state index is -0.497. The van der Waals surface area contributed by atoms with Gasteiger partial charge in [0.05, 0.1) is 24.9 Å². The van der Waals surface area contributed by atoms with Crippen molar-refractivity contribution in [3.05, 3.63) is 54.4 Å². The Hall–Kier alpha value is -3.39. The van der Waals surface area contributed by atoms with Gasteiger partial charge in [0.15, 0.2) is 0 Å². The lowest BCUT2D eigenvalue weighted by Gasteiger charge is -2.34. The minimum absolute atomic E-state index is 0.157. The molecule has 0 aliphatic carbocycles. The van der Waals surface area contributed by atoms with Crippen LogP contribution in [0.5, 0.6) is 0 Å². The summed E-state index contributed by atoms with van der Waals surface area (Å²) in [5, 5.41) is 7.81. The van der Waals surface area contributed by atoms with E-state index >= 15 is 0 Å². The molecule has 1 atom stereocenters. The summed E-state index contributed by atoms with van der Waals surface area (Å²) in [5.74, 6) is 0.269. The quantitative estimate of drug-likeness (QED) is 0.524. The van der Waals surface area contributed by atoms with Gasteiger partial charge < -0.3 is 9.64 Å². The Morgan fingerprint density at radius 3 is 2.80 bits per heavy atom. The molecule has 5 rings (SSSR count). The molecule has 5 heterocycles. The average Bonchev–Trinajstić information content (AvgIpc) is 3.28. The van der Waals surface area contributed by atoms with Crippen LogP contribution in [0.2, 0.25) is 0 Å². The fourth-order valence-electron chi connectivity index (χ4n) is 3.89. The van der Waals surface area contributed by atoms with Gasteiger partial charge in [-0.2, -0.15) is 9.49 Å². The number of ether oxygens (including phenoxy) is 1. The second-order valence-corrected chi connectivity index (χ2v) is 7.46. The van der Waals surface area contributed by atoms with Crippen molar-refractivity contribution < 1.29 is 9.13 Å². The highest BCUT2D eigenvalue weighted by Crippen LogP contribution is 2.36. The molecule has 152 valence electrons. The van der Waals surface area contributed by atoms with Crippen molar-refractivity contribution in [3.8, 4) is 22.5 Å². The third kappa shape index (κ3) is 3.19. The third-order valence-electron chi connectivity index (χ3n) is 5.41. The fourth-order valence-corrected chi connectivity index (χ4v) is 3.89. The summed E-state index contributed by atoms with van der Waals surface area (Å²) in [6.45, 7) is 5.83. The Morgan fingerprint density at radius 1 is 1.13 bits per heavy atom. The van der Waals surface area contributed by atoms with Crippen LogP contribution >= 0.6 is 0 Å². The number of fused-ring (bicyclic) bond motifs is 1. The van der Waals surface area contributed by atoms with Crippen LogP contribution in [0, 0.1) is 12.9 Å². The number of hydrogen-bond donors (Lipinski definition) is 1. The van der Waals surface area contributed by atoms with E-state index in [1.165, 1.54) is 0 Å². The first kappa shape index (κ1) is 18.6. The average molecular weight is 404 g/mol. The van der Waals surface area contributed by atoms with E-state index in [1.54, 1.807) is 25.4 Å². The highest BCUT2D eigenvalue weighted by Gasteiger charge is 2.24. The number of nitrogens with one attached hydrogen (secondary N) is 1. The zero-order valence-corrected chi connectivity index (χ0v) is 16.8. The van der Waals surface area contributed by atoms with Crippen molar-refractivity contribution in [2.24, 2.45) is 0 Å². The smallest absolute Gasteiger partial charge is 0.220 e. The van der Waals surface area contributed by atoms with E-state index in [0.29, 0.717) is 42.2 Å². The van der Waals surface area contributed by atoms with Crippen molar-refractivity contribution in [2.45, 2.75) is 19.9 Å². The highest BCUT2D eigenvalue weighted by molar-refractivity contribution is 6.01. The summed E-state index contributed by atoms with van der Waals surface area (Å²) >= 11 is 0. The van der Waals surface area contributed by atoms with Gasteiger partial charge >= 0.3 is 0 Å². The molecule has 4 aromatic rings. The number of aryl methyl sites for hydroxylation is 1. The number of aromatic amines is 1. The molecule has 0 amide bonds. The molecule has 1 aliphatic rings. The maximum absolute atomic E-state index is 14.9. The van der Waals surface area contributed by atoms with Crippen LogP contribution in [0.25, 0.3) is 33.4 Å². The van der Waals surface area contributed by atoms with E-state index in [0.717, 1.165) is 22.5 Å². The molecule has 8 heteroatoms. The molecule has 30 heavy (non-hydrogen) atoms. The Morgan fingerprint density at radius 2 is 2.03 bits per heavy atom. The number of pyridine rings is 3. The molecule has 1 fully saturated rings. The molecule has 0 radical (unpaired) electrons. The maximum atomic E-state index is 14.9. The number of morpholine rings is 1. The van der Waals surface area contributed by atoms with Crippen molar-refractivity contribution >= 4 is 16.7 Å². The van der Waals surface area contributed by atoms with Crippen molar-refractivity contribution in [1.29, 1.82) is 0 Å². The van der Waals surface area contributed by atoms with E-state index in [4.69, 9.17) is 9.72 Å². The van der Waals surface area contributed by atoms with Gasteiger partial charge in [-0.15, -0.1) is 0 Å². The molecule has 0 aromatic carbocycles. The monoisotopic (exact) mass is 404 g/mol. The standard InChI is InChI=1S/C22H21FN6O/c1-13-3-4-16(22(23)26-13)17-11-19(29-9-10-30-12-14(29)2)27-20-15(17)5-7-24-21(20)18-6-8-25-28-18/h3-8,11,14H,9-10,12H2,1-2H3,(H,25,28)/t14-/m1/s1. The van der Waals surface area contributed by atoms with Crippen LogP contribution in [0.1, 0.15) is 12.6 Å². The molecule has 0 unspecified atom stereocenters. The minimum Gasteiger partial charge on any atom is -0.377 e. The Balaban J connectivity index is 1.80. The van der Waals surface area contributed by atoms with Gasteiger partial charge in [0, 0.05) is 35.6 Å². The van der Waals surface area contributed by atoms with Gasteiger partial charge in [-0.25, -0.2) is 9.97 Å². The van der Waals surface area contributed by atoms with Crippen LogP contribution in [0.4, 0.5) is 10.2 Å². The molecule has 1 N–H and O–H groups in total. The topological polar surface area (TPSA) is 79.8 Å². The second kappa shape index (κ2) is 7.46. The first-order chi connectivity index (χ1) is 14.6. The molecule has 0 saturated carbocycles. The van der Waals surface area contributed by atoms with E-state index < -0.39 is 5.95 Å². The zero-order chi connectivity index (χ0) is 20.7. The lowest BCUT2D eigenvalue weighted by atomic mass is 10.0. The molecule has 0 spiro atoms. The molecule has 7 nitrogen and oxygen atoms in total. The first-order valence-corrected chi connectivity index (χ1v) is 9.89. The molecule has 1 aliphatic heterocycles. The third-order valence-corrected chi connectivity index (χ3v) is 5.41. The molecule has 4 aromatic heterocycles. The molecular weight excluding hydrogens is 383 g/mol. The number of halogens is 1. The summed E-state index contributed by atoms with van der Waals surface area (Å²) in [7, 11) is 0. The van der Waals surface area contributed by atoms with E-state index in [2.05, 4.69) is 32.0 Å². The molecule has 0 bridgehead atoms. The number of nitrogens with zero attached hydrogens (tertiary/aromatic N) is 5. The zero-order valence-electron chi connectivity index (χ0n) is 16.8. The van der Waals surface area contributed by atoms with Gasteiger partial charge in [-0.3, -0.25) is 10.1 Å². The first-order valence-electron chi connectivity index (χ1n) is 9.89. The predicted molar refractivity (Wildman–Crippen MR) is 113 cm³/mol. The van der Waals surface area contributed by atoms with Crippen LogP contribution in [0.15, 0.2) is 42.7 Å². The van der Waals surface area contributed by atoms with E-state index in [-0.39, 0.29) is 6.04 Å². The lowest BCUT2D eigenvalue weighted by Crippen LogP contribution is -2.44. The lowest BCUT2D eigenvalue weighted by molar-refractivity contribution is 0.0986.